The van der Waals surface area contributed by atoms with Crippen LogP contribution in [0, 0.1) is 5.92 Å². The van der Waals surface area contributed by atoms with E-state index >= 15 is 0 Å². The van der Waals surface area contributed by atoms with Gasteiger partial charge in [-0.05, 0) is 43.9 Å². The molecule has 5 nitrogen and oxygen atoms in total. The molecule has 1 aromatic carbocycles. The summed E-state index contributed by atoms with van der Waals surface area (Å²) >= 11 is 6.18. The van der Waals surface area contributed by atoms with E-state index in [-0.39, 0.29) is 0 Å². The van der Waals surface area contributed by atoms with Crippen LogP contribution >= 0.6 is 11.6 Å². The van der Waals surface area contributed by atoms with Crippen LogP contribution in [0.4, 0.5) is 5.82 Å². The highest BCUT2D eigenvalue weighted by atomic mass is 35.5. The van der Waals surface area contributed by atoms with Crippen molar-refractivity contribution in [2.45, 2.75) is 31.6 Å². The van der Waals surface area contributed by atoms with Crippen LogP contribution in [-0.2, 0) is 4.79 Å². The lowest BCUT2D eigenvalue weighted by molar-refractivity contribution is -0.132. The summed E-state index contributed by atoms with van der Waals surface area (Å²) in [6.45, 7) is 3.23. The first-order valence-electron chi connectivity index (χ1n) is 9.20. The van der Waals surface area contributed by atoms with Gasteiger partial charge in [-0.1, -0.05) is 11.6 Å². The monoisotopic (exact) mass is 356 g/mol. The van der Waals surface area contributed by atoms with Crippen molar-refractivity contribution >= 4 is 34.2 Å². The third-order valence-electron chi connectivity index (χ3n) is 5.42. The number of nitrogens with zero attached hydrogens (tertiary/aromatic N) is 4. The van der Waals surface area contributed by atoms with Crippen molar-refractivity contribution < 1.29 is 4.79 Å². The quantitative estimate of drug-likeness (QED) is 0.847. The van der Waals surface area contributed by atoms with Crippen molar-refractivity contribution in [2.24, 2.45) is 5.92 Å². The Morgan fingerprint density at radius 1 is 1.04 bits per heavy atom. The average molecular weight is 357 g/mol. The molecule has 3 aliphatic rings. The van der Waals surface area contributed by atoms with Gasteiger partial charge in [0.25, 0.3) is 0 Å². The minimum absolute atomic E-state index is 0.301. The van der Waals surface area contributed by atoms with Crippen molar-refractivity contribution in [1.29, 1.82) is 0 Å². The zero-order chi connectivity index (χ0) is 17.0. The maximum atomic E-state index is 12.3. The Balaban J connectivity index is 1.44. The predicted octanol–water partition coefficient (Wildman–Crippen LogP) is 3.22. The fourth-order valence-corrected chi connectivity index (χ4v) is 3.76. The second kappa shape index (κ2) is 5.84. The van der Waals surface area contributed by atoms with Crippen molar-refractivity contribution in [1.82, 2.24) is 14.9 Å². The predicted molar refractivity (Wildman–Crippen MR) is 98.0 cm³/mol. The van der Waals surface area contributed by atoms with Crippen molar-refractivity contribution in [3.63, 3.8) is 0 Å². The van der Waals surface area contributed by atoms with Gasteiger partial charge < -0.3 is 9.80 Å². The van der Waals surface area contributed by atoms with E-state index in [0.29, 0.717) is 22.8 Å². The Morgan fingerprint density at radius 3 is 2.48 bits per heavy atom. The first kappa shape index (κ1) is 15.4. The Morgan fingerprint density at radius 2 is 1.80 bits per heavy atom. The molecule has 0 bridgehead atoms. The van der Waals surface area contributed by atoms with Crippen LogP contribution in [0.25, 0.3) is 10.9 Å². The van der Waals surface area contributed by atoms with Gasteiger partial charge in [0.15, 0.2) is 0 Å². The fraction of sp³-hybridized carbons (Fsp3) is 0.526. The molecule has 25 heavy (non-hydrogen) atoms. The SMILES string of the molecule is O=C(C1CC1)N1CCN(c2nc(C3CC3)nc3cc(Cl)ccc23)CC1. The van der Waals surface area contributed by atoms with Gasteiger partial charge >= 0.3 is 0 Å². The third-order valence-corrected chi connectivity index (χ3v) is 5.65. The Kier molecular flexibility index (Phi) is 3.59. The minimum atomic E-state index is 0.301. The standard InChI is InChI=1S/C19H21ClN4O/c20-14-5-6-15-16(11-14)21-17(12-1-2-12)22-18(15)23-7-9-24(10-8-23)19(25)13-3-4-13/h5-6,11-13H,1-4,7-10H2. The lowest BCUT2D eigenvalue weighted by Crippen LogP contribution is -2.49. The first-order chi connectivity index (χ1) is 12.2. The van der Waals surface area contributed by atoms with Gasteiger partial charge in [-0.3, -0.25) is 4.79 Å². The van der Waals surface area contributed by atoms with Crippen molar-refractivity contribution in [2.75, 3.05) is 31.1 Å². The number of aromatic nitrogens is 2. The summed E-state index contributed by atoms with van der Waals surface area (Å²) in [7, 11) is 0. The van der Waals surface area contributed by atoms with Gasteiger partial charge in [0.2, 0.25) is 5.91 Å². The van der Waals surface area contributed by atoms with Gasteiger partial charge in [0.1, 0.15) is 11.6 Å². The van der Waals surface area contributed by atoms with Gasteiger partial charge in [-0.25, -0.2) is 9.97 Å². The van der Waals surface area contributed by atoms with Gasteiger partial charge in [0.05, 0.1) is 5.52 Å². The van der Waals surface area contributed by atoms with Crippen LogP contribution in [-0.4, -0.2) is 47.0 Å². The number of anilines is 1. The topological polar surface area (TPSA) is 49.3 Å². The summed E-state index contributed by atoms with van der Waals surface area (Å²) in [4.78, 5) is 26.2. The van der Waals surface area contributed by atoms with E-state index in [1.807, 2.05) is 23.1 Å². The van der Waals surface area contributed by atoms with E-state index in [4.69, 9.17) is 21.6 Å². The number of fused-ring (bicyclic) bond motifs is 1. The lowest BCUT2D eigenvalue weighted by Gasteiger charge is -2.36. The maximum Gasteiger partial charge on any atom is 0.225 e. The molecular formula is C19H21ClN4O. The summed E-state index contributed by atoms with van der Waals surface area (Å²) in [6, 6.07) is 5.85. The second-order valence-corrected chi connectivity index (χ2v) is 7.86. The molecule has 0 N–H and O–H groups in total. The van der Waals surface area contributed by atoms with E-state index in [2.05, 4.69) is 4.90 Å². The smallest absolute Gasteiger partial charge is 0.225 e. The molecule has 2 heterocycles. The highest BCUT2D eigenvalue weighted by Crippen LogP contribution is 2.40. The molecule has 0 atom stereocenters. The van der Waals surface area contributed by atoms with E-state index < -0.39 is 0 Å². The van der Waals surface area contributed by atoms with Gasteiger partial charge in [-0.2, -0.15) is 0 Å². The second-order valence-electron chi connectivity index (χ2n) is 7.43. The number of carbonyl (C=O) groups is 1. The molecule has 5 rings (SSSR count). The van der Waals surface area contributed by atoms with Crippen molar-refractivity contribution in [3.8, 4) is 0 Å². The molecule has 0 unspecified atom stereocenters. The van der Waals surface area contributed by atoms with E-state index in [1.54, 1.807) is 0 Å². The number of benzene rings is 1. The number of carbonyl (C=O) groups excluding carboxylic acids is 1. The van der Waals surface area contributed by atoms with E-state index in [0.717, 1.165) is 61.6 Å². The number of amides is 1. The summed E-state index contributed by atoms with van der Waals surface area (Å²) in [5.74, 6) is 3.09. The van der Waals surface area contributed by atoms with Crippen LogP contribution in [0.1, 0.15) is 37.4 Å². The minimum Gasteiger partial charge on any atom is -0.352 e. The Bertz CT molecular complexity index is 839. The molecule has 3 fully saturated rings. The van der Waals surface area contributed by atoms with E-state index in [9.17, 15) is 4.79 Å². The van der Waals surface area contributed by atoms with Crippen LogP contribution in [0.5, 0.6) is 0 Å². The fourth-order valence-electron chi connectivity index (χ4n) is 3.60. The zero-order valence-electron chi connectivity index (χ0n) is 14.1. The molecule has 1 aliphatic heterocycles. The highest BCUT2D eigenvalue weighted by Gasteiger charge is 2.35. The number of hydrogen-bond acceptors (Lipinski definition) is 4. The van der Waals surface area contributed by atoms with Crippen LogP contribution in [0.15, 0.2) is 18.2 Å². The Labute approximate surface area is 152 Å². The van der Waals surface area contributed by atoms with Crippen LogP contribution in [0.2, 0.25) is 5.02 Å². The normalized spacial score (nSPS) is 21.0. The van der Waals surface area contributed by atoms with Crippen LogP contribution < -0.4 is 4.90 Å². The molecule has 0 spiro atoms. The molecule has 1 amide bonds. The molecule has 6 heteroatoms. The number of piperazine rings is 1. The molecule has 2 aromatic rings. The maximum absolute atomic E-state index is 12.3. The molecular weight excluding hydrogens is 336 g/mol. The van der Waals surface area contributed by atoms with Crippen LogP contribution in [0.3, 0.4) is 0 Å². The van der Waals surface area contributed by atoms with E-state index in [1.165, 1.54) is 12.8 Å². The molecule has 1 saturated heterocycles. The number of hydrogen-bond donors (Lipinski definition) is 0. The molecule has 1 aromatic heterocycles. The molecule has 2 aliphatic carbocycles. The van der Waals surface area contributed by atoms with Gasteiger partial charge in [0, 0.05) is 48.4 Å². The summed E-state index contributed by atoms with van der Waals surface area (Å²) < 4.78 is 0. The number of rotatable bonds is 3. The molecule has 2 saturated carbocycles. The number of halogens is 1. The van der Waals surface area contributed by atoms with Gasteiger partial charge in [-0.15, -0.1) is 0 Å². The highest BCUT2D eigenvalue weighted by molar-refractivity contribution is 6.31. The lowest BCUT2D eigenvalue weighted by atomic mass is 10.2. The summed E-state index contributed by atoms with van der Waals surface area (Å²) in [5.41, 5.74) is 0.927. The average Bonchev–Trinajstić information content (AvgIpc) is 3.52. The molecule has 0 radical (unpaired) electrons. The zero-order valence-corrected chi connectivity index (χ0v) is 14.9. The summed E-state index contributed by atoms with van der Waals surface area (Å²) in [6.07, 6.45) is 4.49. The first-order valence-corrected chi connectivity index (χ1v) is 9.58. The van der Waals surface area contributed by atoms with Crippen molar-refractivity contribution in [3.05, 3.63) is 29.0 Å². The molecule has 130 valence electrons. The summed E-state index contributed by atoms with van der Waals surface area (Å²) in [5, 5.41) is 1.76. The largest absolute Gasteiger partial charge is 0.352 e. The Hall–Kier alpha value is -1.88. The third kappa shape index (κ3) is 2.95.